The van der Waals surface area contributed by atoms with Gasteiger partial charge in [0.15, 0.2) is 0 Å². The summed E-state index contributed by atoms with van der Waals surface area (Å²) in [5.74, 6) is 6.55. The van der Waals surface area contributed by atoms with Crippen LogP contribution in [0.5, 0.6) is 5.75 Å². The topological polar surface area (TPSA) is 77.5 Å². The summed E-state index contributed by atoms with van der Waals surface area (Å²) in [7, 11) is 0. The van der Waals surface area contributed by atoms with Gasteiger partial charge in [0.05, 0.1) is 5.56 Å². The normalized spacial score (nSPS) is 12.0. The van der Waals surface area contributed by atoms with Crippen LogP contribution in [0.3, 0.4) is 0 Å². The van der Waals surface area contributed by atoms with Crippen LogP contribution in [0.1, 0.15) is 47.9 Å². The van der Waals surface area contributed by atoms with Crippen molar-refractivity contribution in [1.82, 2.24) is 5.43 Å². The molecular formula is C16H20N2O3. The molecule has 0 bridgehead atoms. The number of rotatable bonds is 6. The number of hydrazine groups is 1. The minimum Gasteiger partial charge on any atom is -0.486 e. The van der Waals surface area contributed by atoms with Crippen molar-refractivity contribution in [3.05, 3.63) is 53.5 Å². The highest BCUT2D eigenvalue weighted by atomic mass is 16.5. The van der Waals surface area contributed by atoms with Gasteiger partial charge in [-0.05, 0) is 36.1 Å². The zero-order valence-electron chi connectivity index (χ0n) is 12.3. The van der Waals surface area contributed by atoms with E-state index in [0.717, 1.165) is 12.2 Å². The number of nitrogens with one attached hydrogen (secondary N) is 1. The molecule has 1 heterocycles. The Hall–Kier alpha value is -2.27. The van der Waals surface area contributed by atoms with Gasteiger partial charge in [-0.25, -0.2) is 5.84 Å². The number of nitrogens with two attached hydrogens (primary N) is 1. The predicted octanol–water partition coefficient (Wildman–Crippen LogP) is 2.98. The molecule has 1 atom stereocenters. The minimum atomic E-state index is -0.386. The maximum Gasteiger partial charge on any atom is 0.268 e. The Kier molecular flexibility index (Phi) is 5.00. The van der Waals surface area contributed by atoms with Gasteiger partial charge in [0.1, 0.15) is 24.4 Å². The number of ether oxygens (including phenoxy) is 1. The Morgan fingerprint density at radius 1 is 1.38 bits per heavy atom. The molecule has 0 saturated heterocycles. The average molecular weight is 288 g/mol. The highest BCUT2D eigenvalue weighted by Gasteiger charge is 2.09. The van der Waals surface area contributed by atoms with Crippen molar-refractivity contribution in [3.63, 3.8) is 0 Å². The Morgan fingerprint density at radius 2 is 2.10 bits per heavy atom. The second-order valence-electron chi connectivity index (χ2n) is 4.94. The summed E-state index contributed by atoms with van der Waals surface area (Å²) in [6.07, 6.45) is 2.46. The second kappa shape index (κ2) is 6.95. The molecule has 2 aromatic rings. The summed E-state index contributed by atoms with van der Waals surface area (Å²) in [5, 5.41) is 0. The standard InChI is InChI=1S/C16H20N2O3/c1-3-11(2)12-4-6-14(7-5-12)21-10-15-8-13(9-20-15)16(19)18-17/h4-9,11H,3,10,17H2,1-2H3,(H,18,19). The molecule has 21 heavy (non-hydrogen) atoms. The van der Waals surface area contributed by atoms with Crippen LogP contribution in [0.4, 0.5) is 0 Å². The van der Waals surface area contributed by atoms with E-state index in [-0.39, 0.29) is 12.5 Å². The third-order valence-electron chi connectivity index (χ3n) is 3.49. The number of amides is 1. The van der Waals surface area contributed by atoms with E-state index < -0.39 is 0 Å². The summed E-state index contributed by atoms with van der Waals surface area (Å²) in [6.45, 7) is 4.63. The lowest BCUT2D eigenvalue weighted by Crippen LogP contribution is -2.29. The first-order chi connectivity index (χ1) is 10.1. The zero-order chi connectivity index (χ0) is 15.2. The predicted molar refractivity (Wildman–Crippen MR) is 79.8 cm³/mol. The molecular weight excluding hydrogens is 268 g/mol. The molecule has 2 rings (SSSR count). The molecule has 0 aliphatic heterocycles. The molecule has 1 unspecified atom stereocenters. The van der Waals surface area contributed by atoms with Gasteiger partial charge in [0, 0.05) is 0 Å². The SMILES string of the molecule is CCC(C)c1ccc(OCc2cc(C(=O)NN)co2)cc1. The maximum absolute atomic E-state index is 11.3. The fourth-order valence-corrected chi connectivity index (χ4v) is 1.94. The lowest BCUT2D eigenvalue weighted by atomic mass is 9.99. The Labute approximate surface area is 124 Å². The van der Waals surface area contributed by atoms with Crippen molar-refractivity contribution in [2.45, 2.75) is 32.8 Å². The molecule has 0 spiro atoms. The van der Waals surface area contributed by atoms with E-state index in [9.17, 15) is 4.79 Å². The largest absolute Gasteiger partial charge is 0.486 e. The fraction of sp³-hybridized carbons (Fsp3) is 0.312. The van der Waals surface area contributed by atoms with E-state index in [1.807, 2.05) is 12.1 Å². The van der Waals surface area contributed by atoms with Crippen LogP contribution < -0.4 is 16.0 Å². The van der Waals surface area contributed by atoms with E-state index in [2.05, 4.69) is 31.4 Å². The highest BCUT2D eigenvalue weighted by Crippen LogP contribution is 2.22. The van der Waals surface area contributed by atoms with Crippen LogP contribution in [0.2, 0.25) is 0 Å². The molecule has 0 saturated carbocycles. The molecule has 0 aliphatic carbocycles. The van der Waals surface area contributed by atoms with Crippen molar-refractivity contribution in [1.29, 1.82) is 0 Å². The van der Waals surface area contributed by atoms with Gasteiger partial charge >= 0.3 is 0 Å². The second-order valence-corrected chi connectivity index (χ2v) is 4.94. The van der Waals surface area contributed by atoms with Gasteiger partial charge < -0.3 is 9.15 Å². The first-order valence-corrected chi connectivity index (χ1v) is 6.95. The van der Waals surface area contributed by atoms with E-state index in [4.69, 9.17) is 15.0 Å². The molecule has 5 heteroatoms. The maximum atomic E-state index is 11.3. The monoisotopic (exact) mass is 288 g/mol. The number of furan rings is 1. The Morgan fingerprint density at radius 3 is 2.71 bits per heavy atom. The van der Waals surface area contributed by atoms with Gasteiger partial charge in [0.2, 0.25) is 0 Å². The first-order valence-electron chi connectivity index (χ1n) is 6.95. The van der Waals surface area contributed by atoms with Crippen LogP contribution in [0.15, 0.2) is 41.0 Å². The molecule has 0 aliphatic rings. The van der Waals surface area contributed by atoms with Crippen LogP contribution in [0.25, 0.3) is 0 Å². The number of hydrogen-bond donors (Lipinski definition) is 2. The first kappa shape index (κ1) is 15.1. The quantitative estimate of drug-likeness (QED) is 0.486. The van der Waals surface area contributed by atoms with E-state index in [0.29, 0.717) is 17.2 Å². The summed E-state index contributed by atoms with van der Waals surface area (Å²) >= 11 is 0. The smallest absolute Gasteiger partial charge is 0.268 e. The van der Waals surface area contributed by atoms with Gasteiger partial charge in [-0.1, -0.05) is 26.0 Å². The molecule has 1 aromatic carbocycles. The van der Waals surface area contributed by atoms with Gasteiger partial charge in [-0.2, -0.15) is 0 Å². The van der Waals surface area contributed by atoms with Crippen LogP contribution >= 0.6 is 0 Å². The van der Waals surface area contributed by atoms with Gasteiger partial charge in [-0.3, -0.25) is 10.2 Å². The molecule has 112 valence electrons. The number of hydrogen-bond acceptors (Lipinski definition) is 4. The average Bonchev–Trinajstić information content (AvgIpc) is 3.01. The molecule has 0 radical (unpaired) electrons. The lowest BCUT2D eigenvalue weighted by molar-refractivity contribution is 0.0953. The molecule has 1 aromatic heterocycles. The summed E-state index contributed by atoms with van der Waals surface area (Å²) in [5.41, 5.74) is 3.72. The van der Waals surface area contributed by atoms with Gasteiger partial charge in [0.25, 0.3) is 5.91 Å². The zero-order valence-corrected chi connectivity index (χ0v) is 12.3. The minimum absolute atomic E-state index is 0.264. The van der Waals surface area contributed by atoms with Crippen LogP contribution in [0, 0.1) is 0 Å². The van der Waals surface area contributed by atoms with E-state index in [1.165, 1.54) is 11.8 Å². The van der Waals surface area contributed by atoms with E-state index >= 15 is 0 Å². The third kappa shape index (κ3) is 3.86. The molecule has 0 fully saturated rings. The fourth-order valence-electron chi connectivity index (χ4n) is 1.94. The van der Waals surface area contributed by atoms with Crippen LogP contribution in [-0.2, 0) is 6.61 Å². The van der Waals surface area contributed by atoms with Crippen molar-refractivity contribution in [2.75, 3.05) is 0 Å². The molecule has 5 nitrogen and oxygen atoms in total. The summed E-state index contributed by atoms with van der Waals surface area (Å²) in [6, 6.07) is 9.63. The number of carbonyl (C=O) groups is 1. The highest BCUT2D eigenvalue weighted by molar-refractivity contribution is 5.93. The van der Waals surface area contributed by atoms with Crippen molar-refractivity contribution in [3.8, 4) is 5.75 Å². The number of carbonyl (C=O) groups excluding carboxylic acids is 1. The lowest BCUT2D eigenvalue weighted by Gasteiger charge is -2.10. The summed E-state index contributed by atoms with van der Waals surface area (Å²) in [4.78, 5) is 11.3. The molecule has 1 amide bonds. The van der Waals surface area contributed by atoms with Gasteiger partial charge in [-0.15, -0.1) is 0 Å². The van der Waals surface area contributed by atoms with Crippen molar-refractivity contribution >= 4 is 5.91 Å². The summed E-state index contributed by atoms with van der Waals surface area (Å²) < 4.78 is 10.9. The Balaban J connectivity index is 1.93. The Bertz CT molecular complexity index is 590. The number of benzene rings is 1. The molecule has 3 N–H and O–H groups in total. The van der Waals surface area contributed by atoms with Crippen LogP contribution in [-0.4, -0.2) is 5.91 Å². The van der Waals surface area contributed by atoms with Crippen molar-refractivity contribution in [2.24, 2.45) is 5.84 Å². The number of nitrogen functional groups attached to an aromatic ring is 1. The van der Waals surface area contributed by atoms with Crippen molar-refractivity contribution < 1.29 is 13.9 Å². The third-order valence-corrected chi connectivity index (χ3v) is 3.49. The van der Waals surface area contributed by atoms with E-state index in [1.54, 1.807) is 6.07 Å².